The third-order valence-electron chi connectivity index (χ3n) is 8.75. The number of aliphatic hydroxyl groups is 1. The first-order valence-electron chi connectivity index (χ1n) is 13.5. The lowest BCUT2D eigenvalue weighted by Crippen LogP contribution is -2.65. The summed E-state index contributed by atoms with van der Waals surface area (Å²) < 4.78 is 5.77. The monoisotopic (exact) mass is 496 g/mol. The van der Waals surface area contributed by atoms with Crippen LogP contribution < -0.4 is 5.32 Å². The average molecular weight is 497 g/mol. The Bertz CT molecular complexity index is 1230. The van der Waals surface area contributed by atoms with Crippen molar-refractivity contribution in [3.63, 3.8) is 0 Å². The molecule has 1 saturated heterocycles. The average Bonchev–Trinajstić information content (AvgIpc) is 3.38. The Labute approximate surface area is 219 Å². The number of benzene rings is 3. The van der Waals surface area contributed by atoms with E-state index < -0.39 is 12.2 Å². The summed E-state index contributed by atoms with van der Waals surface area (Å²) in [5.41, 5.74) is 6.17. The number of hydrogen-bond acceptors (Lipinski definition) is 4. The van der Waals surface area contributed by atoms with Crippen LogP contribution in [-0.4, -0.2) is 47.4 Å². The molecule has 1 heterocycles. The minimum Gasteiger partial charge on any atom is -0.449 e. The van der Waals surface area contributed by atoms with Crippen LogP contribution in [0.3, 0.4) is 0 Å². The van der Waals surface area contributed by atoms with Gasteiger partial charge in [-0.15, -0.1) is 0 Å². The first-order valence-corrected chi connectivity index (χ1v) is 13.5. The van der Waals surface area contributed by atoms with E-state index in [-0.39, 0.29) is 24.0 Å². The number of rotatable bonds is 6. The summed E-state index contributed by atoms with van der Waals surface area (Å²) in [6.45, 7) is 6.69. The van der Waals surface area contributed by atoms with E-state index in [4.69, 9.17) is 4.74 Å². The molecule has 4 atom stereocenters. The number of hydrogen-bond donors (Lipinski definition) is 2. The molecule has 3 aromatic rings. The number of carbonyl (C=O) groups excluding carboxylic acids is 1. The van der Waals surface area contributed by atoms with Crippen molar-refractivity contribution in [1.82, 2.24) is 10.2 Å². The van der Waals surface area contributed by atoms with E-state index in [1.807, 2.05) is 18.2 Å². The second kappa shape index (κ2) is 9.62. The van der Waals surface area contributed by atoms with E-state index in [9.17, 15) is 9.90 Å². The van der Waals surface area contributed by atoms with E-state index in [1.54, 1.807) is 0 Å². The Morgan fingerprint density at radius 1 is 0.973 bits per heavy atom. The van der Waals surface area contributed by atoms with Gasteiger partial charge in [-0.25, -0.2) is 4.79 Å². The Morgan fingerprint density at radius 2 is 1.59 bits per heavy atom. The Hall–Kier alpha value is -3.15. The van der Waals surface area contributed by atoms with Crippen LogP contribution in [0.25, 0.3) is 11.1 Å². The predicted molar refractivity (Wildman–Crippen MR) is 145 cm³/mol. The number of amides is 1. The summed E-state index contributed by atoms with van der Waals surface area (Å²) in [5, 5.41) is 14.0. The molecule has 1 spiro atoms. The van der Waals surface area contributed by atoms with Gasteiger partial charge in [-0.05, 0) is 46.6 Å². The van der Waals surface area contributed by atoms with Gasteiger partial charge in [0.25, 0.3) is 0 Å². The summed E-state index contributed by atoms with van der Waals surface area (Å²) >= 11 is 0. The molecule has 5 nitrogen and oxygen atoms in total. The van der Waals surface area contributed by atoms with Crippen molar-refractivity contribution in [3.05, 3.63) is 95.6 Å². The highest BCUT2D eigenvalue weighted by molar-refractivity contribution is 5.79. The fourth-order valence-corrected chi connectivity index (χ4v) is 7.50. The zero-order chi connectivity index (χ0) is 25.6. The minimum absolute atomic E-state index is 0.0292. The van der Waals surface area contributed by atoms with E-state index >= 15 is 0 Å². The third kappa shape index (κ3) is 4.34. The molecule has 1 amide bonds. The highest BCUT2D eigenvalue weighted by Crippen LogP contribution is 2.53. The quantitative estimate of drug-likeness (QED) is 0.468. The number of carbonyl (C=O) groups is 1. The largest absolute Gasteiger partial charge is 0.449 e. The van der Waals surface area contributed by atoms with Crippen molar-refractivity contribution in [2.24, 2.45) is 11.3 Å². The molecule has 2 unspecified atom stereocenters. The van der Waals surface area contributed by atoms with Crippen LogP contribution in [0.1, 0.15) is 49.3 Å². The zero-order valence-electron chi connectivity index (χ0n) is 21.6. The van der Waals surface area contributed by atoms with Crippen LogP contribution in [0.5, 0.6) is 0 Å². The fraction of sp³-hybridized carbons (Fsp3) is 0.406. The van der Waals surface area contributed by atoms with Gasteiger partial charge in [0, 0.05) is 30.5 Å². The van der Waals surface area contributed by atoms with Crippen LogP contribution >= 0.6 is 0 Å². The number of ether oxygens (including phenoxy) is 1. The second-order valence-electron chi connectivity index (χ2n) is 11.5. The highest BCUT2D eigenvalue weighted by Gasteiger charge is 2.59. The molecular formula is C32H36N2O3. The van der Waals surface area contributed by atoms with Crippen LogP contribution in [0.2, 0.25) is 0 Å². The maximum Gasteiger partial charge on any atom is 0.407 e. The van der Waals surface area contributed by atoms with Gasteiger partial charge in [-0.1, -0.05) is 92.7 Å². The SMILES string of the molecule is CC(C)C1N(Cc2ccccc2)CC12C[C@H](NC(=O)OCC1c3ccccc3-c3ccccc31)[C@@H](O)C2. The molecule has 37 heavy (non-hydrogen) atoms. The van der Waals surface area contributed by atoms with E-state index in [1.165, 1.54) is 27.8 Å². The number of fused-ring (bicyclic) bond motifs is 3. The molecule has 3 aliphatic rings. The van der Waals surface area contributed by atoms with Crippen molar-refractivity contribution in [3.8, 4) is 11.1 Å². The minimum atomic E-state index is -0.555. The summed E-state index contributed by atoms with van der Waals surface area (Å²) in [6.07, 6.45) is 0.507. The Morgan fingerprint density at radius 3 is 2.24 bits per heavy atom. The number of aliphatic hydroxyl groups excluding tert-OH is 1. The van der Waals surface area contributed by atoms with Gasteiger partial charge in [-0.3, -0.25) is 4.90 Å². The smallest absolute Gasteiger partial charge is 0.407 e. The van der Waals surface area contributed by atoms with E-state index in [2.05, 4.69) is 84.7 Å². The van der Waals surface area contributed by atoms with Gasteiger partial charge < -0.3 is 15.2 Å². The Kier molecular flexibility index (Phi) is 6.29. The van der Waals surface area contributed by atoms with Gasteiger partial charge in [0.1, 0.15) is 6.61 Å². The van der Waals surface area contributed by atoms with Crippen LogP contribution in [0.15, 0.2) is 78.9 Å². The summed E-state index contributed by atoms with van der Waals surface area (Å²) in [4.78, 5) is 15.4. The lowest BCUT2D eigenvalue weighted by Gasteiger charge is -2.58. The van der Waals surface area contributed by atoms with Crippen LogP contribution in [-0.2, 0) is 11.3 Å². The van der Waals surface area contributed by atoms with Crippen molar-refractivity contribution < 1.29 is 14.6 Å². The van der Waals surface area contributed by atoms with Gasteiger partial charge in [-0.2, -0.15) is 0 Å². The van der Waals surface area contributed by atoms with Gasteiger partial charge >= 0.3 is 6.09 Å². The molecule has 2 aliphatic carbocycles. The molecule has 1 saturated carbocycles. The number of nitrogens with one attached hydrogen (secondary N) is 1. The van der Waals surface area contributed by atoms with Gasteiger partial charge in [0.05, 0.1) is 12.1 Å². The lowest BCUT2D eigenvalue weighted by molar-refractivity contribution is -0.105. The first kappa shape index (κ1) is 24.2. The molecule has 0 bridgehead atoms. The van der Waals surface area contributed by atoms with Crippen LogP contribution in [0.4, 0.5) is 4.79 Å². The topological polar surface area (TPSA) is 61.8 Å². The molecule has 5 heteroatoms. The summed E-state index contributed by atoms with van der Waals surface area (Å²) in [7, 11) is 0. The molecule has 2 fully saturated rings. The first-order chi connectivity index (χ1) is 17.9. The van der Waals surface area contributed by atoms with E-state index in [0.717, 1.165) is 25.9 Å². The van der Waals surface area contributed by atoms with Crippen LogP contribution in [0, 0.1) is 11.3 Å². The lowest BCUT2D eigenvalue weighted by atomic mass is 9.65. The molecule has 0 aromatic heterocycles. The predicted octanol–water partition coefficient (Wildman–Crippen LogP) is 5.58. The maximum atomic E-state index is 12.9. The second-order valence-corrected chi connectivity index (χ2v) is 11.5. The third-order valence-corrected chi connectivity index (χ3v) is 8.75. The highest BCUT2D eigenvalue weighted by atomic mass is 16.5. The number of nitrogens with zero attached hydrogens (tertiary/aromatic N) is 1. The zero-order valence-corrected chi connectivity index (χ0v) is 21.6. The summed E-state index contributed by atoms with van der Waals surface area (Å²) in [5.74, 6) is 0.499. The number of likely N-dealkylation sites (tertiary alicyclic amines) is 1. The molecule has 0 radical (unpaired) electrons. The molecule has 2 N–H and O–H groups in total. The number of alkyl carbamates (subject to hydrolysis) is 1. The normalized spacial score (nSPS) is 26.6. The van der Waals surface area contributed by atoms with Crippen molar-refractivity contribution in [2.75, 3.05) is 13.2 Å². The van der Waals surface area contributed by atoms with Crippen molar-refractivity contribution >= 4 is 6.09 Å². The standard InChI is InChI=1S/C32H36N2O3/c1-21(2)30-32(20-34(30)18-22-10-4-3-5-11-22)16-28(29(35)17-32)33-31(36)37-19-27-25-14-8-6-12-23(25)24-13-7-9-15-26(24)27/h3-15,21,27-30,35H,16-20H2,1-2H3,(H,33,36)/t28-,29-,30?,32?/m0/s1. The molecular weight excluding hydrogens is 460 g/mol. The molecule has 1 aliphatic heterocycles. The summed E-state index contributed by atoms with van der Waals surface area (Å²) in [6, 6.07) is 27.4. The fourth-order valence-electron chi connectivity index (χ4n) is 7.50. The maximum absolute atomic E-state index is 12.9. The van der Waals surface area contributed by atoms with Crippen molar-refractivity contribution in [2.45, 2.75) is 57.3 Å². The Balaban J connectivity index is 1.09. The van der Waals surface area contributed by atoms with Gasteiger partial charge in [0.15, 0.2) is 0 Å². The molecule has 3 aromatic carbocycles. The van der Waals surface area contributed by atoms with Gasteiger partial charge in [0.2, 0.25) is 0 Å². The van der Waals surface area contributed by atoms with E-state index in [0.29, 0.717) is 12.0 Å². The molecule has 6 rings (SSSR count). The van der Waals surface area contributed by atoms with Crippen molar-refractivity contribution in [1.29, 1.82) is 0 Å². The molecule has 192 valence electrons.